The standard InChI is InChI=1S/C12H18N2O3/c1-9(2)17-11-6-4-10(5-7-11)14-12(15)13-8-16-3/h4-7,9H,8H2,1-3H3,(H2,13,14,15). The van der Waals surface area contributed by atoms with Gasteiger partial charge in [-0.25, -0.2) is 4.79 Å². The zero-order valence-corrected chi connectivity index (χ0v) is 10.3. The number of carbonyl (C=O) groups is 1. The molecular weight excluding hydrogens is 220 g/mol. The van der Waals surface area contributed by atoms with Gasteiger partial charge in [0.25, 0.3) is 0 Å². The van der Waals surface area contributed by atoms with Gasteiger partial charge in [-0.05, 0) is 38.1 Å². The highest BCUT2D eigenvalue weighted by Crippen LogP contribution is 2.16. The first-order valence-corrected chi connectivity index (χ1v) is 5.42. The number of urea groups is 1. The molecule has 0 spiro atoms. The van der Waals surface area contributed by atoms with Crippen molar-refractivity contribution in [1.29, 1.82) is 0 Å². The van der Waals surface area contributed by atoms with Crippen LogP contribution in [0.4, 0.5) is 10.5 Å². The highest BCUT2D eigenvalue weighted by atomic mass is 16.5. The largest absolute Gasteiger partial charge is 0.491 e. The van der Waals surface area contributed by atoms with Crippen molar-refractivity contribution in [3.05, 3.63) is 24.3 Å². The quantitative estimate of drug-likeness (QED) is 0.773. The van der Waals surface area contributed by atoms with Gasteiger partial charge >= 0.3 is 6.03 Å². The number of ether oxygens (including phenoxy) is 2. The molecule has 0 unspecified atom stereocenters. The van der Waals surface area contributed by atoms with Crippen LogP contribution >= 0.6 is 0 Å². The summed E-state index contributed by atoms with van der Waals surface area (Å²) < 4.78 is 10.2. The number of anilines is 1. The first-order valence-electron chi connectivity index (χ1n) is 5.42. The lowest BCUT2D eigenvalue weighted by Gasteiger charge is -2.10. The van der Waals surface area contributed by atoms with Crippen molar-refractivity contribution in [3.63, 3.8) is 0 Å². The number of carbonyl (C=O) groups excluding carboxylic acids is 1. The summed E-state index contributed by atoms with van der Waals surface area (Å²) >= 11 is 0. The second-order valence-electron chi connectivity index (χ2n) is 3.75. The molecule has 2 N–H and O–H groups in total. The Morgan fingerprint density at radius 2 is 1.94 bits per heavy atom. The van der Waals surface area contributed by atoms with E-state index < -0.39 is 0 Å². The maximum atomic E-state index is 11.3. The Morgan fingerprint density at radius 1 is 1.29 bits per heavy atom. The van der Waals surface area contributed by atoms with Crippen LogP contribution in [0.1, 0.15) is 13.8 Å². The zero-order valence-electron chi connectivity index (χ0n) is 10.3. The van der Waals surface area contributed by atoms with Gasteiger partial charge in [0.1, 0.15) is 12.5 Å². The first kappa shape index (κ1) is 13.3. The second kappa shape index (κ2) is 6.75. The van der Waals surface area contributed by atoms with E-state index in [1.165, 1.54) is 7.11 Å². The van der Waals surface area contributed by atoms with E-state index in [4.69, 9.17) is 9.47 Å². The zero-order chi connectivity index (χ0) is 12.7. The molecule has 1 rings (SSSR count). The van der Waals surface area contributed by atoms with Crippen LogP contribution in [0.25, 0.3) is 0 Å². The summed E-state index contributed by atoms with van der Waals surface area (Å²) in [6.45, 7) is 4.11. The fourth-order valence-corrected chi connectivity index (χ4v) is 1.20. The van der Waals surface area contributed by atoms with Crippen molar-refractivity contribution in [1.82, 2.24) is 5.32 Å². The van der Waals surface area contributed by atoms with Crippen LogP contribution < -0.4 is 15.4 Å². The topological polar surface area (TPSA) is 59.6 Å². The van der Waals surface area contributed by atoms with E-state index in [0.29, 0.717) is 5.69 Å². The summed E-state index contributed by atoms with van der Waals surface area (Å²) in [5, 5.41) is 5.20. The van der Waals surface area contributed by atoms with Gasteiger partial charge < -0.3 is 20.1 Å². The molecule has 0 aromatic heterocycles. The van der Waals surface area contributed by atoms with Gasteiger partial charge in [-0.3, -0.25) is 0 Å². The third-order valence-electron chi connectivity index (χ3n) is 1.86. The number of rotatable bonds is 5. The average Bonchev–Trinajstić information content (AvgIpc) is 2.28. The Bertz CT molecular complexity index is 349. The Labute approximate surface area is 101 Å². The van der Waals surface area contributed by atoms with E-state index in [9.17, 15) is 4.79 Å². The van der Waals surface area contributed by atoms with Crippen LogP contribution in [0.5, 0.6) is 5.75 Å². The molecule has 2 amide bonds. The Morgan fingerprint density at radius 3 is 2.47 bits per heavy atom. The number of amides is 2. The molecule has 1 aromatic rings. The summed E-state index contributed by atoms with van der Waals surface area (Å²) in [5.74, 6) is 0.780. The molecule has 0 radical (unpaired) electrons. The van der Waals surface area contributed by atoms with Gasteiger partial charge in [-0.15, -0.1) is 0 Å². The van der Waals surface area contributed by atoms with Crippen molar-refractivity contribution in [2.45, 2.75) is 20.0 Å². The molecule has 0 heterocycles. The molecule has 0 fully saturated rings. The lowest BCUT2D eigenvalue weighted by atomic mass is 10.3. The van der Waals surface area contributed by atoms with E-state index in [1.807, 2.05) is 26.0 Å². The molecule has 5 nitrogen and oxygen atoms in total. The Hall–Kier alpha value is -1.75. The molecule has 1 aromatic carbocycles. The molecule has 0 aliphatic heterocycles. The fraction of sp³-hybridized carbons (Fsp3) is 0.417. The van der Waals surface area contributed by atoms with Gasteiger partial charge in [-0.2, -0.15) is 0 Å². The van der Waals surface area contributed by atoms with Crippen LogP contribution in [-0.4, -0.2) is 26.0 Å². The first-order chi connectivity index (χ1) is 8.11. The molecule has 0 aliphatic carbocycles. The van der Waals surface area contributed by atoms with Crippen molar-refractivity contribution >= 4 is 11.7 Å². The third-order valence-corrected chi connectivity index (χ3v) is 1.86. The smallest absolute Gasteiger partial charge is 0.321 e. The molecule has 0 aliphatic rings. The Kier molecular flexibility index (Phi) is 5.29. The molecule has 0 bridgehead atoms. The molecule has 17 heavy (non-hydrogen) atoms. The van der Waals surface area contributed by atoms with Gasteiger partial charge in [0, 0.05) is 12.8 Å². The van der Waals surface area contributed by atoms with E-state index >= 15 is 0 Å². The molecule has 94 valence electrons. The monoisotopic (exact) mass is 238 g/mol. The average molecular weight is 238 g/mol. The predicted molar refractivity (Wildman–Crippen MR) is 66.2 cm³/mol. The summed E-state index contributed by atoms with van der Waals surface area (Å²) in [6, 6.07) is 6.89. The van der Waals surface area contributed by atoms with Gasteiger partial charge in [0.15, 0.2) is 0 Å². The minimum atomic E-state index is -0.302. The lowest BCUT2D eigenvalue weighted by molar-refractivity contribution is 0.177. The highest BCUT2D eigenvalue weighted by molar-refractivity contribution is 5.89. The van der Waals surface area contributed by atoms with Crippen LogP contribution in [0.2, 0.25) is 0 Å². The molecule has 5 heteroatoms. The number of methoxy groups -OCH3 is 1. The molecular formula is C12H18N2O3. The third kappa shape index (κ3) is 5.21. The predicted octanol–water partition coefficient (Wildman–Crippen LogP) is 2.20. The lowest BCUT2D eigenvalue weighted by Crippen LogP contribution is -2.30. The van der Waals surface area contributed by atoms with Crippen LogP contribution in [0.15, 0.2) is 24.3 Å². The van der Waals surface area contributed by atoms with Crippen molar-refractivity contribution < 1.29 is 14.3 Å². The van der Waals surface area contributed by atoms with Crippen LogP contribution in [-0.2, 0) is 4.74 Å². The minimum Gasteiger partial charge on any atom is -0.491 e. The number of hydrogen-bond donors (Lipinski definition) is 2. The molecule has 0 saturated heterocycles. The summed E-state index contributed by atoms with van der Waals surface area (Å²) in [4.78, 5) is 11.3. The van der Waals surface area contributed by atoms with Crippen LogP contribution in [0.3, 0.4) is 0 Å². The highest BCUT2D eigenvalue weighted by Gasteiger charge is 2.01. The minimum absolute atomic E-state index is 0.138. The van der Waals surface area contributed by atoms with E-state index in [-0.39, 0.29) is 18.9 Å². The fourth-order valence-electron chi connectivity index (χ4n) is 1.20. The van der Waals surface area contributed by atoms with Crippen molar-refractivity contribution in [2.75, 3.05) is 19.2 Å². The van der Waals surface area contributed by atoms with Gasteiger partial charge in [0.2, 0.25) is 0 Å². The van der Waals surface area contributed by atoms with Crippen molar-refractivity contribution in [3.8, 4) is 5.75 Å². The van der Waals surface area contributed by atoms with Gasteiger partial charge in [-0.1, -0.05) is 0 Å². The maximum absolute atomic E-state index is 11.3. The summed E-state index contributed by atoms with van der Waals surface area (Å²) in [7, 11) is 1.51. The SMILES string of the molecule is COCNC(=O)Nc1ccc(OC(C)C)cc1. The number of nitrogens with one attached hydrogen (secondary N) is 2. The van der Waals surface area contributed by atoms with Crippen molar-refractivity contribution in [2.24, 2.45) is 0 Å². The molecule has 0 atom stereocenters. The van der Waals surface area contributed by atoms with E-state index in [0.717, 1.165) is 5.75 Å². The van der Waals surface area contributed by atoms with Crippen LogP contribution in [0, 0.1) is 0 Å². The summed E-state index contributed by atoms with van der Waals surface area (Å²) in [5.41, 5.74) is 0.703. The Balaban J connectivity index is 2.47. The molecule has 0 saturated carbocycles. The second-order valence-corrected chi connectivity index (χ2v) is 3.75. The maximum Gasteiger partial charge on any atom is 0.321 e. The van der Waals surface area contributed by atoms with Gasteiger partial charge in [0.05, 0.1) is 6.10 Å². The number of hydrogen-bond acceptors (Lipinski definition) is 3. The van der Waals surface area contributed by atoms with E-state index in [1.54, 1.807) is 12.1 Å². The number of benzene rings is 1. The normalized spacial score (nSPS) is 10.1. The summed E-state index contributed by atoms with van der Waals surface area (Å²) in [6.07, 6.45) is 0.138. The van der Waals surface area contributed by atoms with E-state index in [2.05, 4.69) is 10.6 Å².